The Balaban J connectivity index is 4.78. The topological polar surface area (TPSA) is 60.2 Å². The molecule has 4 atom stereocenters. The first-order valence-corrected chi connectivity index (χ1v) is 8.13. The second-order valence-electron chi connectivity index (χ2n) is 6.87. The van der Waals surface area contributed by atoms with E-state index in [1.54, 1.807) is 0 Å². The maximum atomic E-state index is 12.2. The van der Waals surface area contributed by atoms with Crippen LogP contribution < -0.4 is 5.73 Å². The first kappa shape index (κ1) is 19.9. The van der Waals surface area contributed by atoms with Crippen molar-refractivity contribution in [2.45, 2.75) is 60.8 Å². The summed E-state index contributed by atoms with van der Waals surface area (Å²) >= 11 is 0. The molecule has 21 heavy (non-hydrogen) atoms. The summed E-state index contributed by atoms with van der Waals surface area (Å²) in [6.45, 7) is 12.1. The first-order valence-electron chi connectivity index (χ1n) is 8.13. The predicted octanol–water partition coefficient (Wildman–Crippen LogP) is 3.97. The van der Waals surface area contributed by atoms with Crippen molar-refractivity contribution in [3.63, 3.8) is 0 Å². The molecule has 0 radical (unpaired) electrons. The Morgan fingerprint density at radius 2 is 1.67 bits per heavy atom. The molecule has 0 aromatic rings. The number of carbonyl (C=O) groups excluding carboxylic acids is 2. The third-order valence-electron chi connectivity index (χ3n) is 4.34. The second kappa shape index (κ2) is 9.75. The SMILES string of the molecule is CC=CCC(C)CC(C(N)=O)C(C)C(C)C(=O)CC(C)C. The molecular formula is C18H33NO2. The fraction of sp³-hybridized carbons (Fsp3) is 0.778. The van der Waals surface area contributed by atoms with Crippen LogP contribution in [0.1, 0.15) is 60.8 Å². The number of ketones is 1. The van der Waals surface area contributed by atoms with Crippen LogP contribution in [0.25, 0.3) is 0 Å². The number of hydrogen-bond donors (Lipinski definition) is 1. The smallest absolute Gasteiger partial charge is 0.220 e. The van der Waals surface area contributed by atoms with Crippen molar-refractivity contribution < 1.29 is 9.59 Å². The molecule has 0 aromatic heterocycles. The molecule has 3 nitrogen and oxygen atoms in total. The normalized spacial score (nSPS) is 17.7. The van der Waals surface area contributed by atoms with Gasteiger partial charge in [-0.15, -0.1) is 0 Å². The van der Waals surface area contributed by atoms with E-state index in [-0.39, 0.29) is 29.4 Å². The van der Waals surface area contributed by atoms with Crippen LogP contribution in [-0.2, 0) is 9.59 Å². The number of carbonyl (C=O) groups is 2. The van der Waals surface area contributed by atoms with Crippen LogP contribution in [0.15, 0.2) is 12.2 Å². The van der Waals surface area contributed by atoms with Gasteiger partial charge in [0.2, 0.25) is 5.91 Å². The Labute approximate surface area is 130 Å². The zero-order chi connectivity index (χ0) is 16.6. The highest BCUT2D eigenvalue weighted by Crippen LogP contribution is 2.29. The van der Waals surface area contributed by atoms with Gasteiger partial charge in [0, 0.05) is 18.3 Å². The van der Waals surface area contributed by atoms with Gasteiger partial charge in [-0.1, -0.05) is 46.8 Å². The highest BCUT2D eigenvalue weighted by atomic mass is 16.1. The molecule has 0 rings (SSSR count). The molecule has 0 heterocycles. The fourth-order valence-electron chi connectivity index (χ4n) is 2.72. The molecule has 0 aliphatic rings. The Morgan fingerprint density at radius 3 is 2.10 bits per heavy atom. The molecule has 4 unspecified atom stereocenters. The molecule has 0 saturated carbocycles. The zero-order valence-corrected chi connectivity index (χ0v) is 14.6. The van der Waals surface area contributed by atoms with Crippen molar-refractivity contribution in [1.82, 2.24) is 0 Å². The van der Waals surface area contributed by atoms with Crippen LogP contribution in [0.4, 0.5) is 0 Å². The summed E-state index contributed by atoms with van der Waals surface area (Å²) < 4.78 is 0. The quantitative estimate of drug-likeness (QED) is 0.620. The molecule has 3 heteroatoms. The van der Waals surface area contributed by atoms with E-state index in [9.17, 15) is 9.59 Å². The van der Waals surface area contributed by atoms with Crippen LogP contribution in [0, 0.1) is 29.6 Å². The van der Waals surface area contributed by atoms with Crippen molar-refractivity contribution in [3.8, 4) is 0 Å². The van der Waals surface area contributed by atoms with E-state index in [2.05, 4.69) is 13.0 Å². The molecule has 0 fully saturated rings. The van der Waals surface area contributed by atoms with E-state index in [0.717, 1.165) is 12.8 Å². The molecule has 0 aliphatic heterocycles. The molecule has 122 valence electrons. The summed E-state index contributed by atoms with van der Waals surface area (Å²) in [5, 5.41) is 0. The Bertz CT molecular complexity index is 360. The number of rotatable bonds is 10. The standard InChI is InChI=1S/C18H33NO2/c1-7-8-9-13(4)11-16(18(19)21)14(5)15(6)17(20)10-12(2)3/h7-8,12-16H,9-11H2,1-6H3,(H2,19,21). The van der Waals surface area contributed by atoms with Gasteiger partial charge in [-0.05, 0) is 37.5 Å². The van der Waals surface area contributed by atoms with Gasteiger partial charge in [0.1, 0.15) is 5.78 Å². The van der Waals surface area contributed by atoms with E-state index in [4.69, 9.17) is 5.73 Å². The van der Waals surface area contributed by atoms with Gasteiger partial charge in [0.05, 0.1) is 0 Å². The summed E-state index contributed by atoms with van der Waals surface area (Å²) in [4.78, 5) is 24.0. The minimum atomic E-state index is -0.279. The molecule has 0 spiro atoms. The average molecular weight is 295 g/mol. The number of primary amides is 1. The van der Waals surface area contributed by atoms with Crippen molar-refractivity contribution >= 4 is 11.7 Å². The van der Waals surface area contributed by atoms with Crippen molar-refractivity contribution in [2.75, 3.05) is 0 Å². The zero-order valence-electron chi connectivity index (χ0n) is 14.6. The first-order chi connectivity index (χ1) is 9.70. The molecule has 2 N–H and O–H groups in total. The molecular weight excluding hydrogens is 262 g/mol. The van der Waals surface area contributed by atoms with E-state index >= 15 is 0 Å². The van der Waals surface area contributed by atoms with Gasteiger partial charge in [0.15, 0.2) is 0 Å². The number of amides is 1. The van der Waals surface area contributed by atoms with E-state index in [0.29, 0.717) is 18.3 Å². The lowest BCUT2D eigenvalue weighted by Gasteiger charge is -2.28. The lowest BCUT2D eigenvalue weighted by atomic mass is 9.76. The van der Waals surface area contributed by atoms with E-state index in [1.807, 2.05) is 40.7 Å². The minimum Gasteiger partial charge on any atom is -0.369 e. The van der Waals surface area contributed by atoms with Gasteiger partial charge < -0.3 is 5.73 Å². The molecule has 1 amide bonds. The van der Waals surface area contributed by atoms with Crippen LogP contribution >= 0.6 is 0 Å². The van der Waals surface area contributed by atoms with Gasteiger partial charge in [-0.3, -0.25) is 9.59 Å². The Kier molecular flexibility index (Phi) is 9.23. The van der Waals surface area contributed by atoms with E-state index in [1.165, 1.54) is 0 Å². The monoisotopic (exact) mass is 295 g/mol. The third-order valence-corrected chi connectivity index (χ3v) is 4.34. The summed E-state index contributed by atoms with van der Waals surface area (Å²) in [5.74, 6) is 0.377. The lowest BCUT2D eigenvalue weighted by Crippen LogP contribution is -2.35. The predicted molar refractivity (Wildman–Crippen MR) is 88.7 cm³/mol. The lowest BCUT2D eigenvalue weighted by molar-refractivity contribution is -0.128. The van der Waals surface area contributed by atoms with Crippen molar-refractivity contribution in [2.24, 2.45) is 35.3 Å². The molecule has 0 aromatic carbocycles. The molecule has 0 bridgehead atoms. The van der Waals surface area contributed by atoms with Gasteiger partial charge >= 0.3 is 0 Å². The highest BCUT2D eigenvalue weighted by molar-refractivity contribution is 5.83. The third kappa shape index (κ3) is 7.45. The number of hydrogen-bond acceptors (Lipinski definition) is 2. The number of allylic oxidation sites excluding steroid dienone is 2. The van der Waals surface area contributed by atoms with Crippen molar-refractivity contribution in [1.29, 1.82) is 0 Å². The van der Waals surface area contributed by atoms with Crippen LogP contribution in [-0.4, -0.2) is 11.7 Å². The van der Waals surface area contributed by atoms with Gasteiger partial charge in [-0.25, -0.2) is 0 Å². The number of Topliss-reactive ketones (excluding diaryl/α,β-unsaturated/α-hetero) is 1. The largest absolute Gasteiger partial charge is 0.369 e. The van der Waals surface area contributed by atoms with Crippen LogP contribution in [0.5, 0.6) is 0 Å². The van der Waals surface area contributed by atoms with Crippen molar-refractivity contribution in [3.05, 3.63) is 12.2 Å². The summed E-state index contributed by atoms with van der Waals surface area (Å²) in [7, 11) is 0. The number of nitrogens with two attached hydrogens (primary N) is 1. The average Bonchev–Trinajstić information content (AvgIpc) is 2.39. The molecule has 0 aliphatic carbocycles. The molecule has 0 saturated heterocycles. The maximum Gasteiger partial charge on any atom is 0.220 e. The maximum absolute atomic E-state index is 12.2. The second-order valence-corrected chi connectivity index (χ2v) is 6.87. The Hall–Kier alpha value is -1.12. The summed E-state index contributed by atoms with van der Waals surface area (Å²) in [6.07, 6.45) is 6.40. The summed E-state index contributed by atoms with van der Waals surface area (Å²) in [6, 6.07) is 0. The van der Waals surface area contributed by atoms with E-state index < -0.39 is 0 Å². The highest BCUT2D eigenvalue weighted by Gasteiger charge is 2.31. The van der Waals surface area contributed by atoms with Crippen LogP contribution in [0.2, 0.25) is 0 Å². The minimum absolute atomic E-state index is 0.00167. The summed E-state index contributed by atoms with van der Waals surface area (Å²) in [5.41, 5.74) is 5.59. The van der Waals surface area contributed by atoms with Crippen LogP contribution in [0.3, 0.4) is 0 Å². The fourth-order valence-corrected chi connectivity index (χ4v) is 2.72. The van der Waals surface area contributed by atoms with Gasteiger partial charge in [0.25, 0.3) is 0 Å². The Morgan fingerprint density at radius 1 is 1.10 bits per heavy atom. The van der Waals surface area contributed by atoms with Gasteiger partial charge in [-0.2, -0.15) is 0 Å².